The fourth-order valence-corrected chi connectivity index (χ4v) is 3.30. The molecule has 0 unspecified atom stereocenters. The third-order valence-electron chi connectivity index (χ3n) is 5.01. The Labute approximate surface area is 150 Å². The molecule has 5 nitrogen and oxygen atoms in total. The maximum Gasteiger partial charge on any atom is 0.306 e. The van der Waals surface area contributed by atoms with Crippen molar-refractivity contribution in [2.45, 2.75) is 58.7 Å². The normalized spacial score (nSPS) is 21.6. The van der Waals surface area contributed by atoms with Crippen LogP contribution in [0, 0.1) is 5.41 Å². The van der Waals surface area contributed by atoms with Crippen LogP contribution in [0.4, 0.5) is 0 Å². The summed E-state index contributed by atoms with van der Waals surface area (Å²) in [7, 11) is 1.35. The highest BCUT2D eigenvalue weighted by Crippen LogP contribution is 2.24. The van der Waals surface area contributed by atoms with Crippen LogP contribution in [-0.4, -0.2) is 42.5 Å². The molecule has 1 aromatic carbocycles. The van der Waals surface area contributed by atoms with E-state index in [4.69, 9.17) is 0 Å². The molecule has 1 N–H and O–H groups in total. The number of likely N-dealkylation sites (tertiary alicyclic amines) is 1. The second-order valence-corrected chi connectivity index (χ2v) is 7.64. The Morgan fingerprint density at radius 1 is 1.28 bits per heavy atom. The average Bonchev–Trinajstić information content (AvgIpc) is 2.57. The smallest absolute Gasteiger partial charge is 0.306 e. The lowest BCUT2D eigenvalue weighted by Crippen LogP contribution is -2.51. The molecular formula is C20H30N2O3. The average molecular weight is 346 g/mol. The van der Waals surface area contributed by atoms with Crippen molar-refractivity contribution in [3.05, 3.63) is 35.9 Å². The number of nitrogens with one attached hydrogen (secondary N) is 1. The first-order valence-corrected chi connectivity index (χ1v) is 8.97. The van der Waals surface area contributed by atoms with Gasteiger partial charge in [-0.1, -0.05) is 44.2 Å². The zero-order valence-electron chi connectivity index (χ0n) is 15.7. The van der Waals surface area contributed by atoms with Crippen LogP contribution in [-0.2, 0) is 20.9 Å². The number of carbonyl (C=O) groups is 2. The van der Waals surface area contributed by atoms with Gasteiger partial charge in [-0.3, -0.25) is 14.5 Å². The lowest BCUT2D eigenvalue weighted by atomic mass is 9.87. The largest absolute Gasteiger partial charge is 0.469 e. The van der Waals surface area contributed by atoms with Gasteiger partial charge >= 0.3 is 5.97 Å². The minimum Gasteiger partial charge on any atom is -0.469 e. The van der Waals surface area contributed by atoms with Gasteiger partial charge in [0.15, 0.2) is 0 Å². The van der Waals surface area contributed by atoms with Crippen molar-refractivity contribution in [1.82, 2.24) is 10.2 Å². The number of rotatable bonds is 6. The van der Waals surface area contributed by atoms with Gasteiger partial charge in [-0.25, -0.2) is 0 Å². The number of methoxy groups -OCH3 is 1. The lowest BCUT2D eigenvalue weighted by Gasteiger charge is -2.39. The van der Waals surface area contributed by atoms with E-state index in [0.717, 1.165) is 25.9 Å². The molecule has 1 saturated heterocycles. The van der Waals surface area contributed by atoms with Crippen LogP contribution in [0.15, 0.2) is 30.3 Å². The van der Waals surface area contributed by atoms with Gasteiger partial charge in [-0.2, -0.15) is 0 Å². The van der Waals surface area contributed by atoms with E-state index in [9.17, 15) is 9.59 Å². The van der Waals surface area contributed by atoms with Crippen molar-refractivity contribution < 1.29 is 14.3 Å². The molecule has 1 amide bonds. The Kier molecular flexibility index (Phi) is 6.59. The van der Waals surface area contributed by atoms with Gasteiger partial charge in [0.2, 0.25) is 5.91 Å². The van der Waals surface area contributed by atoms with E-state index in [2.05, 4.69) is 46.1 Å². The monoisotopic (exact) mass is 346 g/mol. The van der Waals surface area contributed by atoms with Gasteiger partial charge in [-0.05, 0) is 25.3 Å². The number of esters is 1. The highest BCUT2D eigenvalue weighted by molar-refractivity contribution is 5.86. The van der Waals surface area contributed by atoms with E-state index in [1.807, 2.05) is 6.07 Å². The highest BCUT2D eigenvalue weighted by atomic mass is 16.5. The van der Waals surface area contributed by atoms with Crippen molar-refractivity contribution in [3.8, 4) is 0 Å². The second kappa shape index (κ2) is 8.48. The van der Waals surface area contributed by atoms with Crippen LogP contribution in [0.2, 0.25) is 0 Å². The molecular weight excluding hydrogens is 316 g/mol. The number of nitrogens with zero attached hydrogens (tertiary/aromatic N) is 1. The molecule has 1 fully saturated rings. The molecule has 0 saturated carbocycles. The summed E-state index contributed by atoms with van der Waals surface area (Å²) in [6.45, 7) is 7.68. The van der Waals surface area contributed by atoms with Gasteiger partial charge < -0.3 is 10.1 Å². The van der Waals surface area contributed by atoms with Crippen molar-refractivity contribution in [1.29, 1.82) is 0 Å². The minimum absolute atomic E-state index is 0.0772. The van der Waals surface area contributed by atoms with Gasteiger partial charge in [-0.15, -0.1) is 0 Å². The first-order chi connectivity index (χ1) is 11.8. The van der Waals surface area contributed by atoms with Crippen molar-refractivity contribution in [3.63, 3.8) is 0 Å². The van der Waals surface area contributed by atoms with Gasteiger partial charge in [0, 0.05) is 25.2 Å². The third-order valence-corrected chi connectivity index (χ3v) is 5.01. The molecule has 0 aliphatic carbocycles. The Hall–Kier alpha value is -1.88. The molecule has 138 valence electrons. The van der Waals surface area contributed by atoms with Crippen LogP contribution in [0.3, 0.4) is 0 Å². The Balaban J connectivity index is 1.86. The van der Waals surface area contributed by atoms with E-state index in [-0.39, 0.29) is 24.3 Å². The fraction of sp³-hybridized carbons (Fsp3) is 0.600. The van der Waals surface area contributed by atoms with Crippen LogP contribution in [0.25, 0.3) is 0 Å². The first-order valence-electron chi connectivity index (χ1n) is 8.97. The highest BCUT2D eigenvalue weighted by Gasteiger charge is 2.34. The van der Waals surface area contributed by atoms with E-state index in [0.29, 0.717) is 6.04 Å². The van der Waals surface area contributed by atoms with Crippen molar-refractivity contribution in [2.24, 2.45) is 5.41 Å². The number of benzene rings is 1. The van der Waals surface area contributed by atoms with Crippen molar-refractivity contribution in [2.75, 3.05) is 13.7 Å². The molecule has 0 aromatic heterocycles. The number of ether oxygens (including phenoxy) is 1. The molecule has 25 heavy (non-hydrogen) atoms. The predicted molar refractivity (Wildman–Crippen MR) is 97.9 cm³/mol. The Morgan fingerprint density at radius 2 is 1.96 bits per heavy atom. The summed E-state index contributed by atoms with van der Waals surface area (Å²) in [6, 6.07) is 11.0. The number of carbonyl (C=O) groups excluding carboxylic acids is 2. The summed E-state index contributed by atoms with van der Waals surface area (Å²) < 4.78 is 4.69. The topological polar surface area (TPSA) is 58.6 Å². The van der Waals surface area contributed by atoms with Gasteiger partial charge in [0.25, 0.3) is 0 Å². The van der Waals surface area contributed by atoms with Crippen LogP contribution >= 0.6 is 0 Å². The molecule has 1 aliphatic heterocycles. The molecule has 0 bridgehead atoms. The summed E-state index contributed by atoms with van der Waals surface area (Å²) in [4.78, 5) is 26.5. The quantitative estimate of drug-likeness (QED) is 0.805. The van der Waals surface area contributed by atoms with E-state index in [1.165, 1.54) is 12.7 Å². The molecule has 2 atom stereocenters. The Bertz CT molecular complexity index is 586. The summed E-state index contributed by atoms with van der Waals surface area (Å²) in [5.41, 5.74) is 0.563. The maximum atomic E-state index is 12.5. The standard InChI is InChI=1S/C20H30N2O3/c1-15-12-17(21-19(24)20(2,3)13-18(23)25-4)10-11-22(15)14-16-8-6-5-7-9-16/h5-9,15,17H,10-14H2,1-4H3,(H,21,24)/t15-,17+/m0/s1. The Morgan fingerprint density at radius 3 is 2.56 bits per heavy atom. The summed E-state index contributed by atoms with van der Waals surface area (Å²) in [5.74, 6) is -0.433. The molecule has 5 heteroatoms. The van der Waals surface area contributed by atoms with E-state index < -0.39 is 5.41 Å². The summed E-state index contributed by atoms with van der Waals surface area (Å²) in [5, 5.41) is 3.13. The van der Waals surface area contributed by atoms with Gasteiger partial charge in [0.05, 0.1) is 18.9 Å². The number of hydrogen-bond acceptors (Lipinski definition) is 4. The summed E-state index contributed by atoms with van der Waals surface area (Å²) in [6.07, 6.45) is 1.95. The second-order valence-electron chi connectivity index (χ2n) is 7.64. The van der Waals surface area contributed by atoms with Crippen LogP contribution in [0.5, 0.6) is 0 Å². The SMILES string of the molecule is COC(=O)CC(C)(C)C(=O)N[C@@H]1CCN(Cc2ccccc2)[C@@H](C)C1. The first kappa shape index (κ1) is 19.4. The summed E-state index contributed by atoms with van der Waals surface area (Å²) >= 11 is 0. The van der Waals surface area contributed by atoms with Gasteiger partial charge in [0.1, 0.15) is 0 Å². The number of hydrogen-bond donors (Lipinski definition) is 1. The number of piperidine rings is 1. The molecule has 0 radical (unpaired) electrons. The molecule has 0 spiro atoms. The van der Waals surface area contributed by atoms with Crippen LogP contribution in [0.1, 0.15) is 45.6 Å². The van der Waals surface area contributed by atoms with Crippen molar-refractivity contribution >= 4 is 11.9 Å². The molecule has 1 aliphatic rings. The van der Waals surface area contributed by atoms with Crippen LogP contribution < -0.4 is 5.32 Å². The maximum absolute atomic E-state index is 12.5. The zero-order chi connectivity index (χ0) is 18.4. The minimum atomic E-state index is -0.752. The number of amides is 1. The predicted octanol–water partition coefficient (Wildman–Crippen LogP) is 2.75. The zero-order valence-corrected chi connectivity index (χ0v) is 15.7. The van der Waals surface area contributed by atoms with E-state index >= 15 is 0 Å². The lowest BCUT2D eigenvalue weighted by molar-refractivity contribution is -0.147. The molecule has 2 rings (SSSR count). The molecule has 1 heterocycles. The fourth-order valence-electron chi connectivity index (χ4n) is 3.30. The third kappa shape index (κ3) is 5.56. The van der Waals surface area contributed by atoms with E-state index in [1.54, 1.807) is 13.8 Å². The molecule has 1 aromatic rings.